The number of aldehydes is 1. The third-order valence-corrected chi connectivity index (χ3v) is 5.49. The second kappa shape index (κ2) is 6.85. The highest BCUT2D eigenvalue weighted by molar-refractivity contribution is 7.99. The molecular weight excluding hydrogens is 384 g/mol. The van der Waals surface area contributed by atoms with Gasteiger partial charge in [-0.15, -0.1) is 0 Å². The van der Waals surface area contributed by atoms with E-state index in [9.17, 15) is 14.0 Å². The number of carbonyl (C=O) groups excluding carboxylic acids is 1. The molecule has 3 nitrogen and oxygen atoms in total. The number of H-pyrrole nitrogens is 1. The van der Waals surface area contributed by atoms with E-state index in [1.165, 1.54) is 6.07 Å². The van der Waals surface area contributed by atoms with Crippen LogP contribution in [-0.4, -0.2) is 11.3 Å². The Hall–Kier alpha value is -1.01. The Balaban J connectivity index is 2.64. The first-order valence-corrected chi connectivity index (χ1v) is 8.33. The Kier molecular flexibility index (Phi) is 5.46. The number of aryl methyl sites for hydroxylation is 1. The lowest BCUT2D eigenvalue weighted by Gasteiger charge is -2.15. The summed E-state index contributed by atoms with van der Waals surface area (Å²) in [4.78, 5) is 26.1. The molecule has 0 radical (unpaired) electrons. The van der Waals surface area contributed by atoms with Crippen molar-refractivity contribution in [2.45, 2.75) is 28.8 Å². The molecule has 122 valence electrons. The zero-order chi connectivity index (χ0) is 17.4. The standard InChI is InChI=1S/C15H11Cl3FNO2S/c1-7-3-4-9(16)13(12(7)17)23-10-5-11(15(2,18)19)20-14(22)8(10)6-21/h3-6H,1-2H3,(H,20,22). The molecule has 1 aromatic carbocycles. The third-order valence-electron chi connectivity index (χ3n) is 3.08. The van der Waals surface area contributed by atoms with Crippen LogP contribution in [0, 0.1) is 6.92 Å². The van der Waals surface area contributed by atoms with Gasteiger partial charge in [0.1, 0.15) is 0 Å². The number of aromatic nitrogens is 1. The number of aromatic amines is 1. The predicted octanol–water partition coefficient (Wildman–Crippen LogP) is 5.33. The third kappa shape index (κ3) is 3.91. The first-order valence-electron chi connectivity index (χ1n) is 6.38. The van der Waals surface area contributed by atoms with Crippen LogP contribution in [0.4, 0.5) is 4.39 Å². The van der Waals surface area contributed by atoms with Gasteiger partial charge in [-0.25, -0.2) is 4.39 Å². The van der Waals surface area contributed by atoms with Crippen LogP contribution in [0.1, 0.15) is 28.5 Å². The normalized spacial score (nSPS) is 13.7. The molecule has 1 aromatic heterocycles. The number of benzene rings is 1. The highest BCUT2D eigenvalue weighted by Gasteiger charge is 2.26. The molecule has 0 bridgehead atoms. The maximum atomic E-state index is 13.9. The van der Waals surface area contributed by atoms with Crippen molar-refractivity contribution in [2.24, 2.45) is 0 Å². The predicted molar refractivity (Wildman–Crippen MR) is 92.1 cm³/mol. The Labute approximate surface area is 151 Å². The van der Waals surface area contributed by atoms with E-state index in [-0.39, 0.29) is 16.2 Å². The highest BCUT2D eigenvalue weighted by atomic mass is 35.5. The lowest BCUT2D eigenvalue weighted by atomic mass is 10.2. The minimum atomic E-state index is -2.28. The molecule has 1 unspecified atom stereocenters. The van der Waals surface area contributed by atoms with E-state index >= 15 is 0 Å². The number of alkyl halides is 2. The van der Waals surface area contributed by atoms with Gasteiger partial charge in [-0.2, -0.15) is 0 Å². The molecule has 1 atom stereocenters. The Morgan fingerprint density at radius 3 is 2.57 bits per heavy atom. The fraction of sp³-hybridized carbons (Fsp3) is 0.200. The summed E-state index contributed by atoms with van der Waals surface area (Å²) in [5, 5.41) is -1.52. The molecular formula is C15H11Cl3FNO2S. The molecule has 0 aliphatic rings. The van der Waals surface area contributed by atoms with E-state index in [0.29, 0.717) is 21.2 Å². The summed E-state index contributed by atoms with van der Waals surface area (Å²) >= 11 is 19.0. The number of nitrogens with one attached hydrogen (secondary N) is 1. The number of pyridine rings is 1. The molecule has 0 saturated carbocycles. The van der Waals surface area contributed by atoms with Crippen LogP contribution >= 0.6 is 46.6 Å². The second-order valence-corrected chi connectivity index (χ2v) is 7.45. The summed E-state index contributed by atoms with van der Waals surface area (Å²) in [5.41, 5.74) is -0.251. The Morgan fingerprint density at radius 2 is 2.00 bits per heavy atom. The van der Waals surface area contributed by atoms with Gasteiger partial charge in [-0.1, -0.05) is 52.6 Å². The maximum absolute atomic E-state index is 13.9. The summed E-state index contributed by atoms with van der Waals surface area (Å²) in [6, 6.07) is 4.70. The molecule has 0 amide bonds. The van der Waals surface area contributed by atoms with Crippen molar-refractivity contribution >= 4 is 52.9 Å². The summed E-state index contributed by atoms with van der Waals surface area (Å²) < 4.78 is 13.9. The summed E-state index contributed by atoms with van der Waals surface area (Å²) in [6.45, 7) is 2.88. The first kappa shape index (κ1) is 18.3. The molecule has 8 heteroatoms. The number of carbonyl (C=O) groups is 1. The van der Waals surface area contributed by atoms with Crippen LogP contribution in [0.25, 0.3) is 0 Å². The smallest absolute Gasteiger partial charge is 0.260 e. The van der Waals surface area contributed by atoms with Gasteiger partial charge in [0, 0.05) is 9.79 Å². The average Bonchev–Trinajstić information content (AvgIpc) is 2.46. The van der Waals surface area contributed by atoms with Crippen molar-refractivity contribution < 1.29 is 9.18 Å². The van der Waals surface area contributed by atoms with Crippen LogP contribution in [-0.2, 0) is 5.13 Å². The molecule has 2 aromatic rings. The van der Waals surface area contributed by atoms with Crippen LogP contribution in [0.15, 0.2) is 32.8 Å². The van der Waals surface area contributed by atoms with E-state index in [1.807, 2.05) is 0 Å². The summed E-state index contributed by atoms with van der Waals surface area (Å²) in [6.07, 6.45) is 0.395. The van der Waals surface area contributed by atoms with Crippen LogP contribution in [0.3, 0.4) is 0 Å². The maximum Gasteiger partial charge on any atom is 0.260 e. The molecule has 0 fully saturated rings. The molecule has 0 aliphatic heterocycles. The molecule has 1 heterocycles. The highest BCUT2D eigenvalue weighted by Crippen LogP contribution is 2.41. The van der Waals surface area contributed by atoms with E-state index < -0.39 is 10.7 Å². The zero-order valence-corrected chi connectivity index (χ0v) is 15.1. The Morgan fingerprint density at radius 1 is 1.35 bits per heavy atom. The zero-order valence-electron chi connectivity index (χ0n) is 12.0. The monoisotopic (exact) mass is 393 g/mol. The minimum Gasteiger partial charge on any atom is -0.321 e. The molecule has 1 N–H and O–H groups in total. The van der Waals surface area contributed by atoms with Crippen molar-refractivity contribution in [3.05, 3.63) is 55.4 Å². The first-order chi connectivity index (χ1) is 10.6. The minimum absolute atomic E-state index is 0.145. The summed E-state index contributed by atoms with van der Waals surface area (Å²) in [5.74, 6) is 0. The summed E-state index contributed by atoms with van der Waals surface area (Å²) in [7, 11) is 0. The molecule has 23 heavy (non-hydrogen) atoms. The van der Waals surface area contributed by atoms with Gasteiger partial charge >= 0.3 is 0 Å². The lowest BCUT2D eigenvalue weighted by Crippen LogP contribution is -2.20. The average molecular weight is 395 g/mol. The largest absolute Gasteiger partial charge is 0.321 e. The quantitative estimate of drug-likeness (QED) is 0.563. The fourth-order valence-corrected chi connectivity index (χ4v) is 3.58. The molecule has 0 saturated heterocycles. The Bertz CT molecular complexity index is 831. The van der Waals surface area contributed by atoms with Crippen molar-refractivity contribution in [1.29, 1.82) is 0 Å². The van der Waals surface area contributed by atoms with E-state index in [2.05, 4.69) is 4.98 Å². The van der Waals surface area contributed by atoms with Gasteiger partial charge in [0.05, 0.1) is 21.3 Å². The van der Waals surface area contributed by atoms with Crippen molar-refractivity contribution in [1.82, 2.24) is 4.98 Å². The lowest BCUT2D eigenvalue weighted by molar-refractivity contribution is 0.111. The van der Waals surface area contributed by atoms with E-state index in [0.717, 1.165) is 24.2 Å². The number of hydrogen-bond donors (Lipinski definition) is 1. The van der Waals surface area contributed by atoms with Gasteiger partial charge in [-0.3, -0.25) is 9.59 Å². The molecule has 2 rings (SSSR count). The van der Waals surface area contributed by atoms with Gasteiger partial charge < -0.3 is 4.98 Å². The van der Waals surface area contributed by atoms with E-state index in [1.54, 1.807) is 19.1 Å². The van der Waals surface area contributed by atoms with Gasteiger partial charge in [0.15, 0.2) is 6.29 Å². The number of rotatable bonds is 4. The molecule has 0 spiro atoms. The van der Waals surface area contributed by atoms with Gasteiger partial charge in [0.25, 0.3) is 5.56 Å². The van der Waals surface area contributed by atoms with Crippen LogP contribution < -0.4 is 5.56 Å². The SMILES string of the molecule is Cc1ccc(Cl)c(Sc2cc(C(C)(F)Cl)[nH]c(=O)c2C=O)c1Cl. The van der Waals surface area contributed by atoms with Crippen LogP contribution in [0.2, 0.25) is 10.0 Å². The van der Waals surface area contributed by atoms with Crippen molar-refractivity contribution in [2.75, 3.05) is 0 Å². The van der Waals surface area contributed by atoms with E-state index in [4.69, 9.17) is 34.8 Å². The topological polar surface area (TPSA) is 49.9 Å². The second-order valence-electron chi connectivity index (χ2n) is 4.91. The van der Waals surface area contributed by atoms with Crippen molar-refractivity contribution in [3.63, 3.8) is 0 Å². The molecule has 0 aliphatic carbocycles. The number of hydrogen-bond acceptors (Lipinski definition) is 3. The van der Waals surface area contributed by atoms with Crippen LogP contribution in [0.5, 0.6) is 0 Å². The number of halogens is 4. The van der Waals surface area contributed by atoms with Gasteiger partial charge in [-0.05, 0) is 31.5 Å². The van der Waals surface area contributed by atoms with Gasteiger partial charge in [0.2, 0.25) is 5.13 Å². The fourth-order valence-electron chi connectivity index (χ4n) is 1.81. The van der Waals surface area contributed by atoms with Crippen molar-refractivity contribution in [3.8, 4) is 0 Å².